The van der Waals surface area contributed by atoms with Gasteiger partial charge in [0.1, 0.15) is 5.82 Å². The normalized spacial score (nSPS) is 10.3. The zero-order valence-corrected chi connectivity index (χ0v) is 10.2. The number of rotatable bonds is 2. The van der Waals surface area contributed by atoms with Crippen molar-refractivity contribution < 1.29 is 4.39 Å². The van der Waals surface area contributed by atoms with Crippen LogP contribution in [0.2, 0.25) is 10.0 Å². The Morgan fingerprint density at radius 2 is 1.76 bits per heavy atom. The highest BCUT2D eigenvalue weighted by molar-refractivity contribution is 6.33. The predicted octanol–water partition coefficient (Wildman–Crippen LogP) is 4.46. The summed E-state index contributed by atoms with van der Waals surface area (Å²) in [6, 6.07) is 9.20. The summed E-state index contributed by atoms with van der Waals surface area (Å²) >= 11 is 11.8. The molecule has 2 rings (SSSR count). The fourth-order valence-electron chi connectivity index (χ4n) is 1.37. The van der Waals surface area contributed by atoms with Gasteiger partial charge in [0.25, 0.3) is 0 Å². The molecule has 0 aromatic heterocycles. The van der Waals surface area contributed by atoms with Crippen molar-refractivity contribution in [3.63, 3.8) is 0 Å². The van der Waals surface area contributed by atoms with Crippen molar-refractivity contribution in [2.75, 3.05) is 11.1 Å². The van der Waals surface area contributed by atoms with Crippen LogP contribution in [0.25, 0.3) is 0 Å². The highest BCUT2D eigenvalue weighted by Gasteiger charge is 2.06. The number of nitrogens with two attached hydrogens (primary N) is 1. The molecule has 0 fully saturated rings. The van der Waals surface area contributed by atoms with E-state index >= 15 is 0 Å². The number of halogens is 3. The Hall–Kier alpha value is -1.45. The van der Waals surface area contributed by atoms with Gasteiger partial charge in [-0.2, -0.15) is 0 Å². The van der Waals surface area contributed by atoms with Crippen molar-refractivity contribution in [1.29, 1.82) is 0 Å². The van der Waals surface area contributed by atoms with E-state index in [0.717, 1.165) is 0 Å². The van der Waals surface area contributed by atoms with Gasteiger partial charge in [-0.05, 0) is 36.4 Å². The number of nitrogen functional groups attached to an aromatic ring is 1. The summed E-state index contributed by atoms with van der Waals surface area (Å²) in [5, 5.41) is 3.73. The molecule has 0 radical (unpaired) electrons. The highest BCUT2D eigenvalue weighted by atomic mass is 35.5. The first-order valence-corrected chi connectivity index (χ1v) is 5.59. The molecule has 0 saturated heterocycles. The summed E-state index contributed by atoms with van der Waals surface area (Å²) in [6.45, 7) is 0. The Morgan fingerprint density at radius 1 is 1.00 bits per heavy atom. The van der Waals surface area contributed by atoms with Crippen LogP contribution in [-0.4, -0.2) is 0 Å². The van der Waals surface area contributed by atoms with E-state index in [9.17, 15) is 4.39 Å². The Bertz CT molecular complexity index is 558. The Labute approximate surface area is 108 Å². The van der Waals surface area contributed by atoms with Gasteiger partial charge in [-0.1, -0.05) is 23.2 Å². The molecule has 2 aromatic rings. The SMILES string of the molecule is Nc1ccc(Nc2cc(Cl)ccc2F)c(Cl)c1. The first-order valence-electron chi connectivity index (χ1n) is 4.83. The third-order valence-corrected chi connectivity index (χ3v) is 2.74. The van der Waals surface area contributed by atoms with E-state index in [-0.39, 0.29) is 5.69 Å². The molecule has 0 aliphatic carbocycles. The molecule has 88 valence electrons. The minimum absolute atomic E-state index is 0.268. The van der Waals surface area contributed by atoms with Crippen molar-refractivity contribution >= 4 is 40.3 Å². The largest absolute Gasteiger partial charge is 0.399 e. The smallest absolute Gasteiger partial charge is 0.146 e. The summed E-state index contributed by atoms with van der Waals surface area (Å²) in [5.41, 5.74) is 6.95. The zero-order valence-electron chi connectivity index (χ0n) is 8.68. The molecule has 2 nitrogen and oxygen atoms in total. The lowest BCUT2D eigenvalue weighted by Crippen LogP contribution is -1.95. The van der Waals surface area contributed by atoms with Crippen LogP contribution in [0.3, 0.4) is 0 Å². The lowest BCUT2D eigenvalue weighted by Gasteiger charge is -2.10. The van der Waals surface area contributed by atoms with Crippen molar-refractivity contribution in [2.45, 2.75) is 0 Å². The maximum atomic E-state index is 13.5. The minimum Gasteiger partial charge on any atom is -0.399 e. The number of hydrogen-bond donors (Lipinski definition) is 2. The van der Waals surface area contributed by atoms with Crippen LogP contribution in [0.15, 0.2) is 36.4 Å². The van der Waals surface area contributed by atoms with Crippen molar-refractivity contribution in [3.8, 4) is 0 Å². The van der Waals surface area contributed by atoms with Gasteiger partial charge in [0.2, 0.25) is 0 Å². The molecule has 0 bridgehead atoms. The molecule has 2 aromatic carbocycles. The van der Waals surface area contributed by atoms with Crippen LogP contribution < -0.4 is 11.1 Å². The van der Waals surface area contributed by atoms with Crippen molar-refractivity contribution in [1.82, 2.24) is 0 Å². The third-order valence-electron chi connectivity index (χ3n) is 2.19. The molecule has 0 saturated carbocycles. The summed E-state index contributed by atoms with van der Waals surface area (Å²) < 4.78 is 13.5. The van der Waals surface area contributed by atoms with Crippen molar-refractivity contribution in [2.24, 2.45) is 0 Å². The third kappa shape index (κ3) is 2.81. The van der Waals surface area contributed by atoms with E-state index < -0.39 is 5.82 Å². The van der Waals surface area contributed by atoms with Crippen LogP contribution in [0.4, 0.5) is 21.5 Å². The van der Waals surface area contributed by atoms with Crippen LogP contribution in [0.5, 0.6) is 0 Å². The van der Waals surface area contributed by atoms with Crippen molar-refractivity contribution in [3.05, 3.63) is 52.3 Å². The van der Waals surface area contributed by atoms with Gasteiger partial charge in [0.15, 0.2) is 0 Å². The van der Waals surface area contributed by atoms with E-state index in [1.807, 2.05) is 0 Å². The van der Waals surface area contributed by atoms with Gasteiger partial charge < -0.3 is 11.1 Å². The highest BCUT2D eigenvalue weighted by Crippen LogP contribution is 2.29. The van der Waals surface area contributed by atoms with E-state index in [2.05, 4.69) is 5.32 Å². The van der Waals surface area contributed by atoms with Gasteiger partial charge in [-0.15, -0.1) is 0 Å². The number of nitrogens with one attached hydrogen (secondary N) is 1. The van der Waals surface area contributed by atoms with Gasteiger partial charge in [0.05, 0.1) is 16.4 Å². The molecule has 0 spiro atoms. The first-order chi connectivity index (χ1) is 8.06. The number of hydrogen-bond acceptors (Lipinski definition) is 2. The molecular formula is C12H9Cl2FN2. The zero-order chi connectivity index (χ0) is 12.4. The maximum Gasteiger partial charge on any atom is 0.146 e. The Morgan fingerprint density at radius 3 is 2.47 bits per heavy atom. The Kier molecular flexibility index (Phi) is 3.41. The number of anilines is 3. The fraction of sp³-hybridized carbons (Fsp3) is 0. The fourth-order valence-corrected chi connectivity index (χ4v) is 1.78. The lowest BCUT2D eigenvalue weighted by molar-refractivity contribution is 0.632. The quantitative estimate of drug-likeness (QED) is 0.791. The minimum atomic E-state index is -0.401. The molecule has 0 unspecified atom stereocenters. The summed E-state index contributed by atoms with van der Waals surface area (Å²) in [5.74, 6) is -0.401. The summed E-state index contributed by atoms with van der Waals surface area (Å²) in [7, 11) is 0. The Balaban J connectivity index is 2.34. The predicted molar refractivity (Wildman–Crippen MR) is 70.6 cm³/mol. The summed E-state index contributed by atoms with van der Waals surface area (Å²) in [4.78, 5) is 0. The lowest BCUT2D eigenvalue weighted by atomic mass is 10.2. The van der Waals surface area contributed by atoms with E-state index in [1.165, 1.54) is 18.2 Å². The standard InChI is InChI=1S/C12H9Cl2FN2/c13-7-1-3-10(15)12(5-7)17-11-4-2-8(16)6-9(11)14/h1-6,17H,16H2. The molecule has 0 aliphatic heterocycles. The molecule has 0 amide bonds. The average molecular weight is 271 g/mol. The number of benzene rings is 2. The second kappa shape index (κ2) is 4.82. The topological polar surface area (TPSA) is 38.0 Å². The molecular weight excluding hydrogens is 262 g/mol. The average Bonchev–Trinajstić information content (AvgIpc) is 2.27. The van der Waals surface area contributed by atoms with E-state index in [1.54, 1.807) is 18.2 Å². The molecule has 0 atom stereocenters. The van der Waals surface area contributed by atoms with E-state index in [0.29, 0.717) is 21.4 Å². The van der Waals surface area contributed by atoms with Gasteiger partial charge in [0, 0.05) is 10.7 Å². The van der Waals surface area contributed by atoms with Gasteiger partial charge in [-0.25, -0.2) is 4.39 Å². The molecule has 5 heteroatoms. The second-order valence-electron chi connectivity index (χ2n) is 3.49. The van der Waals surface area contributed by atoms with Gasteiger partial charge in [-0.3, -0.25) is 0 Å². The monoisotopic (exact) mass is 270 g/mol. The molecule has 0 heterocycles. The van der Waals surface area contributed by atoms with Crippen LogP contribution in [0.1, 0.15) is 0 Å². The summed E-state index contributed by atoms with van der Waals surface area (Å²) in [6.07, 6.45) is 0. The van der Waals surface area contributed by atoms with Crippen LogP contribution in [0, 0.1) is 5.82 Å². The van der Waals surface area contributed by atoms with E-state index in [4.69, 9.17) is 28.9 Å². The molecule has 3 N–H and O–H groups in total. The second-order valence-corrected chi connectivity index (χ2v) is 4.33. The molecule has 17 heavy (non-hydrogen) atoms. The van der Waals surface area contributed by atoms with Gasteiger partial charge >= 0.3 is 0 Å². The van der Waals surface area contributed by atoms with Crippen LogP contribution >= 0.6 is 23.2 Å². The molecule has 0 aliphatic rings. The first kappa shape index (κ1) is 12.0. The maximum absolute atomic E-state index is 13.5. The van der Waals surface area contributed by atoms with Crippen LogP contribution in [-0.2, 0) is 0 Å².